The van der Waals surface area contributed by atoms with Crippen LogP contribution in [0.2, 0.25) is 0 Å². The Morgan fingerprint density at radius 3 is 2.21 bits per heavy atom. The molecule has 130 valence electrons. The zero-order valence-electron chi connectivity index (χ0n) is 15.4. The van der Waals surface area contributed by atoms with E-state index in [1.807, 2.05) is 0 Å². The van der Waals surface area contributed by atoms with Crippen LogP contribution < -0.4 is 0 Å². The molecule has 0 saturated heterocycles. The summed E-state index contributed by atoms with van der Waals surface area (Å²) in [5.74, 6) is 0.352. The minimum Gasteiger partial charge on any atom is -0.0619 e. The Labute approximate surface area is 164 Å². The largest absolute Gasteiger partial charge is 0.0619 e. The Morgan fingerprint density at radius 1 is 0.571 bits per heavy atom. The van der Waals surface area contributed by atoms with Crippen LogP contribution in [0.3, 0.4) is 0 Å². The molecule has 0 amide bonds. The first kappa shape index (κ1) is 14.6. The number of hydrogen-bond donors (Lipinski definition) is 0. The number of benzene rings is 4. The minimum atomic E-state index is 0.352. The van der Waals surface area contributed by atoms with Gasteiger partial charge in [-0.1, -0.05) is 84.9 Å². The molecule has 0 aliphatic heterocycles. The fraction of sp³-hybridized carbons (Fsp3) is 0.0714. The molecule has 0 saturated carbocycles. The van der Waals surface area contributed by atoms with Crippen molar-refractivity contribution < 1.29 is 0 Å². The lowest BCUT2D eigenvalue weighted by Crippen LogP contribution is -2.12. The molecule has 0 N–H and O–H groups in total. The van der Waals surface area contributed by atoms with Crippen molar-refractivity contribution in [2.24, 2.45) is 0 Å². The lowest BCUT2D eigenvalue weighted by molar-refractivity contribution is 1.02. The molecule has 7 rings (SSSR count). The second-order valence-electron chi connectivity index (χ2n) is 8.09. The van der Waals surface area contributed by atoms with Gasteiger partial charge < -0.3 is 0 Å². The van der Waals surface area contributed by atoms with Gasteiger partial charge >= 0.3 is 0 Å². The molecule has 1 atom stereocenters. The summed E-state index contributed by atoms with van der Waals surface area (Å²) in [6, 6.07) is 31.5. The lowest BCUT2D eigenvalue weighted by Gasteiger charge is -2.30. The van der Waals surface area contributed by atoms with Crippen molar-refractivity contribution in [2.45, 2.75) is 12.3 Å². The highest BCUT2D eigenvalue weighted by Gasteiger charge is 2.38. The third-order valence-corrected chi connectivity index (χ3v) is 6.78. The summed E-state index contributed by atoms with van der Waals surface area (Å²) in [5.41, 5.74) is 15.9. The van der Waals surface area contributed by atoms with E-state index >= 15 is 0 Å². The van der Waals surface area contributed by atoms with Gasteiger partial charge in [0.1, 0.15) is 0 Å². The van der Waals surface area contributed by atoms with Crippen LogP contribution in [0.4, 0.5) is 0 Å². The summed E-state index contributed by atoms with van der Waals surface area (Å²) >= 11 is 0. The van der Waals surface area contributed by atoms with Gasteiger partial charge in [0.2, 0.25) is 0 Å². The summed E-state index contributed by atoms with van der Waals surface area (Å²) in [7, 11) is 0. The van der Waals surface area contributed by atoms with E-state index in [2.05, 4.69) is 91.0 Å². The normalized spacial score (nSPS) is 17.0. The Kier molecular flexibility index (Phi) is 2.67. The molecule has 0 heteroatoms. The zero-order valence-corrected chi connectivity index (χ0v) is 15.4. The van der Waals surface area contributed by atoms with Gasteiger partial charge in [-0.05, 0) is 73.7 Å². The Balaban J connectivity index is 1.60. The maximum absolute atomic E-state index is 2.42. The van der Waals surface area contributed by atoms with Gasteiger partial charge in [0.25, 0.3) is 0 Å². The van der Waals surface area contributed by atoms with Crippen molar-refractivity contribution in [3.05, 3.63) is 118 Å². The van der Waals surface area contributed by atoms with Gasteiger partial charge in [0, 0.05) is 5.92 Å². The number of fused-ring (bicyclic) bond motifs is 12. The summed E-state index contributed by atoms with van der Waals surface area (Å²) in [5, 5.41) is 0. The highest BCUT2D eigenvalue weighted by molar-refractivity contribution is 6.03. The molecule has 0 spiro atoms. The number of allylic oxidation sites excluding steroid dienone is 1. The molecule has 0 nitrogen and oxygen atoms in total. The Hall–Kier alpha value is -3.38. The Morgan fingerprint density at radius 2 is 1.29 bits per heavy atom. The molecule has 3 aliphatic carbocycles. The number of hydrogen-bond acceptors (Lipinski definition) is 0. The topological polar surface area (TPSA) is 0 Å². The molecule has 28 heavy (non-hydrogen) atoms. The van der Waals surface area contributed by atoms with E-state index in [1.54, 1.807) is 0 Å². The number of rotatable bonds is 0. The van der Waals surface area contributed by atoms with Crippen LogP contribution in [0.5, 0.6) is 0 Å². The van der Waals surface area contributed by atoms with Crippen molar-refractivity contribution >= 4 is 11.6 Å². The first-order valence-corrected chi connectivity index (χ1v) is 10.0. The molecule has 0 heterocycles. The monoisotopic (exact) mass is 354 g/mol. The average Bonchev–Trinajstić information content (AvgIpc) is 3.32. The quantitative estimate of drug-likeness (QED) is 0.283. The molecule has 4 aromatic carbocycles. The molecule has 0 aromatic heterocycles. The van der Waals surface area contributed by atoms with E-state index in [4.69, 9.17) is 0 Å². The van der Waals surface area contributed by atoms with E-state index in [0.29, 0.717) is 5.92 Å². The van der Waals surface area contributed by atoms with Gasteiger partial charge in [-0.2, -0.15) is 0 Å². The fourth-order valence-electron chi connectivity index (χ4n) is 5.64. The molecule has 0 bridgehead atoms. The summed E-state index contributed by atoms with van der Waals surface area (Å²) in [4.78, 5) is 0. The second kappa shape index (κ2) is 5.11. The van der Waals surface area contributed by atoms with Crippen molar-refractivity contribution in [3.63, 3.8) is 0 Å². The maximum atomic E-state index is 2.42. The van der Waals surface area contributed by atoms with E-state index < -0.39 is 0 Å². The van der Waals surface area contributed by atoms with Crippen LogP contribution in [0.15, 0.2) is 84.9 Å². The van der Waals surface area contributed by atoms with Crippen LogP contribution in [0.25, 0.3) is 33.9 Å². The smallest absolute Gasteiger partial charge is 0.0361 e. The molecular weight excluding hydrogens is 336 g/mol. The molecule has 1 unspecified atom stereocenters. The van der Waals surface area contributed by atoms with Crippen LogP contribution in [-0.2, 0) is 6.42 Å². The standard InChI is InChI=1S/C28H18/c1-3-9-19-17(7-1)15-26-23(19)13-14-24-21-11-5-6-12-22(21)25-16-18-8-2-4-10-20(18)27(25)28(24)26/h1-14,16,27H,15H2. The van der Waals surface area contributed by atoms with Crippen LogP contribution in [0, 0.1) is 0 Å². The van der Waals surface area contributed by atoms with E-state index in [-0.39, 0.29) is 0 Å². The first-order chi connectivity index (χ1) is 13.9. The van der Waals surface area contributed by atoms with Crippen LogP contribution in [0.1, 0.15) is 39.3 Å². The van der Waals surface area contributed by atoms with Gasteiger partial charge in [0.15, 0.2) is 0 Å². The first-order valence-electron chi connectivity index (χ1n) is 10.0. The predicted octanol–water partition coefficient (Wildman–Crippen LogP) is 6.92. The fourth-order valence-corrected chi connectivity index (χ4v) is 5.64. The third-order valence-electron chi connectivity index (χ3n) is 6.78. The maximum Gasteiger partial charge on any atom is 0.0361 e. The lowest BCUT2D eigenvalue weighted by atomic mass is 9.72. The zero-order chi connectivity index (χ0) is 18.2. The average molecular weight is 354 g/mol. The van der Waals surface area contributed by atoms with Crippen molar-refractivity contribution in [2.75, 3.05) is 0 Å². The highest BCUT2D eigenvalue weighted by atomic mass is 14.4. The predicted molar refractivity (Wildman–Crippen MR) is 116 cm³/mol. The molecule has 4 aromatic rings. The van der Waals surface area contributed by atoms with Gasteiger partial charge in [0.05, 0.1) is 0 Å². The highest BCUT2D eigenvalue weighted by Crippen LogP contribution is 2.57. The van der Waals surface area contributed by atoms with Crippen LogP contribution >= 0.6 is 0 Å². The second-order valence-corrected chi connectivity index (χ2v) is 8.09. The molecule has 0 fully saturated rings. The van der Waals surface area contributed by atoms with E-state index in [0.717, 1.165) is 6.42 Å². The SMILES string of the molecule is C1=C2c3ccccc3-c3ccc4c(c3C2c2ccccc21)Cc1ccccc1-4. The van der Waals surface area contributed by atoms with Crippen molar-refractivity contribution in [3.8, 4) is 22.3 Å². The van der Waals surface area contributed by atoms with Crippen LogP contribution in [-0.4, -0.2) is 0 Å². The molecule has 0 radical (unpaired) electrons. The Bertz CT molecular complexity index is 1340. The van der Waals surface area contributed by atoms with Gasteiger partial charge in [-0.15, -0.1) is 0 Å². The minimum absolute atomic E-state index is 0.352. The summed E-state index contributed by atoms with van der Waals surface area (Å²) in [6.45, 7) is 0. The van der Waals surface area contributed by atoms with Gasteiger partial charge in [-0.25, -0.2) is 0 Å². The van der Waals surface area contributed by atoms with E-state index in [9.17, 15) is 0 Å². The van der Waals surface area contributed by atoms with Crippen molar-refractivity contribution in [1.82, 2.24) is 0 Å². The summed E-state index contributed by atoms with van der Waals surface area (Å²) in [6.07, 6.45) is 3.46. The van der Waals surface area contributed by atoms with Gasteiger partial charge in [-0.3, -0.25) is 0 Å². The van der Waals surface area contributed by atoms with E-state index in [1.165, 1.54) is 61.2 Å². The van der Waals surface area contributed by atoms with Crippen molar-refractivity contribution in [1.29, 1.82) is 0 Å². The summed E-state index contributed by atoms with van der Waals surface area (Å²) < 4.78 is 0. The third kappa shape index (κ3) is 1.71. The molecule has 3 aliphatic rings. The molecular formula is C28H18.